The average molecular weight is 922 g/mol. The van der Waals surface area contributed by atoms with Crippen LogP contribution in [0.15, 0.2) is 250 Å². The lowest BCUT2D eigenvalue weighted by atomic mass is 9.88. The molecule has 2 aromatic heterocycles. The summed E-state index contributed by atoms with van der Waals surface area (Å²) >= 11 is 0. The van der Waals surface area contributed by atoms with Crippen LogP contribution in [0.1, 0.15) is 29.0 Å². The molecule has 0 bridgehead atoms. The fraction of sp³-hybridized carbons (Fsp3) is 0.0299. The van der Waals surface area contributed by atoms with Gasteiger partial charge >= 0.3 is 0 Å². The quantitative estimate of drug-likeness (QED) is 0.163. The highest BCUT2D eigenvalue weighted by Gasteiger charge is 2.29. The molecular weight excluding hydrogens is 879 g/mol. The Morgan fingerprint density at radius 2 is 0.958 bits per heavy atom. The van der Waals surface area contributed by atoms with Gasteiger partial charge in [-0.25, -0.2) is 4.99 Å². The van der Waals surface area contributed by atoms with Crippen LogP contribution in [0.3, 0.4) is 0 Å². The summed E-state index contributed by atoms with van der Waals surface area (Å²) in [4.78, 5) is 5.42. The molecule has 338 valence electrons. The topological polar surface area (TPSA) is 62.7 Å². The van der Waals surface area contributed by atoms with E-state index in [0.29, 0.717) is 0 Å². The molecule has 2 unspecified atom stereocenters. The van der Waals surface area contributed by atoms with Gasteiger partial charge in [-0.15, -0.1) is 0 Å². The number of rotatable bonds is 6. The van der Waals surface area contributed by atoms with E-state index >= 15 is 0 Å². The molecule has 1 aliphatic heterocycles. The Morgan fingerprint density at radius 1 is 0.347 bits per heavy atom. The second kappa shape index (κ2) is 16.1. The lowest BCUT2D eigenvalue weighted by Crippen LogP contribution is -2.45. The maximum absolute atomic E-state index is 7.15. The standard InChI is InChI=1S/C67H43N3O2/c1-2-14-40(15-3-1)41-26-28-42(29-27-41)65-68-66(46-30-35-61-58(38-46)53-24-12-13-25-60(53)71-61)70-67(69-65)56-34-31-52(49-21-9-10-22-50(49)56)54-32-33-55(57-37-45-18-6-7-19-47(45)48-20-8-11-23-51(48)57)64-63(54)59-36-43-16-4-5-17-44(43)39-62(59)72-64/h1-39,66-67,70H,(H,68,69). The molecule has 2 atom stereocenters. The van der Waals surface area contributed by atoms with Crippen LogP contribution >= 0.6 is 0 Å². The molecule has 12 aromatic carbocycles. The minimum atomic E-state index is -0.359. The summed E-state index contributed by atoms with van der Waals surface area (Å²) < 4.78 is 13.4. The van der Waals surface area contributed by atoms with Gasteiger partial charge in [0.05, 0.1) is 0 Å². The van der Waals surface area contributed by atoms with Crippen molar-refractivity contribution in [1.29, 1.82) is 0 Å². The first-order chi connectivity index (χ1) is 35.7. The van der Waals surface area contributed by atoms with Gasteiger partial charge in [-0.3, -0.25) is 5.32 Å². The normalized spacial score (nSPS) is 15.1. The Hall–Kier alpha value is -9.29. The van der Waals surface area contributed by atoms with E-state index in [0.717, 1.165) is 110 Å². The van der Waals surface area contributed by atoms with Crippen LogP contribution in [0.5, 0.6) is 0 Å². The van der Waals surface area contributed by atoms with Gasteiger partial charge in [-0.1, -0.05) is 194 Å². The minimum absolute atomic E-state index is 0.295. The van der Waals surface area contributed by atoms with Crippen molar-refractivity contribution >= 4 is 92.8 Å². The summed E-state index contributed by atoms with van der Waals surface area (Å²) in [6.45, 7) is 0. The summed E-state index contributed by atoms with van der Waals surface area (Å²) in [6, 6.07) is 84.8. The van der Waals surface area contributed by atoms with Crippen molar-refractivity contribution in [2.45, 2.75) is 12.3 Å². The largest absolute Gasteiger partial charge is 0.456 e. The van der Waals surface area contributed by atoms with E-state index in [1.807, 2.05) is 12.1 Å². The summed E-state index contributed by atoms with van der Waals surface area (Å²) in [7, 11) is 0. The van der Waals surface area contributed by atoms with Crippen LogP contribution in [-0.4, -0.2) is 5.84 Å². The number of nitrogens with zero attached hydrogens (tertiary/aromatic N) is 1. The third kappa shape index (κ3) is 6.48. The Bertz CT molecular complexity index is 4530. The van der Waals surface area contributed by atoms with Gasteiger partial charge in [0, 0.05) is 32.7 Å². The summed E-state index contributed by atoms with van der Waals surface area (Å²) in [5.41, 5.74) is 13.5. The molecule has 72 heavy (non-hydrogen) atoms. The van der Waals surface area contributed by atoms with Crippen molar-refractivity contribution in [2.75, 3.05) is 0 Å². The number of nitrogens with one attached hydrogen (secondary N) is 2. The fourth-order valence-electron chi connectivity index (χ4n) is 11.5. The lowest BCUT2D eigenvalue weighted by Gasteiger charge is -2.33. The van der Waals surface area contributed by atoms with E-state index in [1.54, 1.807) is 0 Å². The number of benzene rings is 12. The van der Waals surface area contributed by atoms with E-state index in [2.05, 4.69) is 235 Å². The predicted molar refractivity (Wildman–Crippen MR) is 299 cm³/mol. The van der Waals surface area contributed by atoms with Crippen LogP contribution in [0.2, 0.25) is 0 Å². The van der Waals surface area contributed by atoms with Gasteiger partial charge < -0.3 is 14.2 Å². The second-order valence-corrected chi connectivity index (χ2v) is 19.0. The van der Waals surface area contributed by atoms with Crippen molar-refractivity contribution in [2.24, 2.45) is 4.99 Å². The molecule has 15 rings (SSSR count). The zero-order valence-corrected chi connectivity index (χ0v) is 38.9. The van der Waals surface area contributed by atoms with E-state index in [9.17, 15) is 0 Å². The van der Waals surface area contributed by atoms with Crippen molar-refractivity contribution in [3.05, 3.63) is 253 Å². The fourth-order valence-corrected chi connectivity index (χ4v) is 11.5. The first kappa shape index (κ1) is 40.6. The van der Waals surface area contributed by atoms with Gasteiger partial charge in [0.25, 0.3) is 0 Å². The number of hydrogen-bond acceptors (Lipinski definition) is 5. The molecule has 0 fully saturated rings. The van der Waals surface area contributed by atoms with E-state index in [-0.39, 0.29) is 12.3 Å². The molecule has 0 amide bonds. The van der Waals surface area contributed by atoms with E-state index in [1.165, 1.54) is 32.5 Å². The van der Waals surface area contributed by atoms with Gasteiger partial charge in [0.2, 0.25) is 0 Å². The maximum atomic E-state index is 7.15. The summed E-state index contributed by atoms with van der Waals surface area (Å²) in [5.74, 6) is 0.823. The zero-order valence-electron chi connectivity index (χ0n) is 38.9. The molecule has 14 aromatic rings. The van der Waals surface area contributed by atoms with Crippen molar-refractivity contribution in [3.8, 4) is 33.4 Å². The highest BCUT2D eigenvalue weighted by molar-refractivity contribution is 6.23. The highest BCUT2D eigenvalue weighted by atomic mass is 16.3. The molecular formula is C67H43N3O2. The van der Waals surface area contributed by atoms with Crippen LogP contribution in [-0.2, 0) is 0 Å². The van der Waals surface area contributed by atoms with Crippen molar-refractivity contribution in [3.63, 3.8) is 0 Å². The monoisotopic (exact) mass is 921 g/mol. The van der Waals surface area contributed by atoms with Crippen molar-refractivity contribution in [1.82, 2.24) is 10.6 Å². The number of fused-ring (bicyclic) bond motifs is 11. The first-order valence-electron chi connectivity index (χ1n) is 24.7. The Morgan fingerprint density at radius 3 is 1.78 bits per heavy atom. The third-order valence-electron chi connectivity index (χ3n) is 14.9. The summed E-state index contributed by atoms with van der Waals surface area (Å²) in [6.07, 6.45) is -0.654. The smallest absolute Gasteiger partial charge is 0.143 e. The lowest BCUT2D eigenvalue weighted by molar-refractivity contribution is 0.411. The third-order valence-corrected chi connectivity index (χ3v) is 14.9. The number of furan rings is 2. The second-order valence-electron chi connectivity index (χ2n) is 19.0. The molecule has 5 heteroatoms. The van der Waals surface area contributed by atoms with Gasteiger partial charge in [0.1, 0.15) is 40.5 Å². The molecule has 2 N–H and O–H groups in total. The Kier molecular flexibility index (Phi) is 9.10. The molecule has 0 aliphatic carbocycles. The zero-order chi connectivity index (χ0) is 47.3. The Labute approximate surface area is 414 Å². The first-order valence-corrected chi connectivity index (χ1v) is 24.7. The van der Waals surface area contributed by atoms with Crippen LogP contribution in [0.25, 0.3) is 120 Å². The van der Waals surface area contributed by atoms with E-state index < -0.39 is 0 Å². The predicted octanol–water partition coefficient (Wildman–Crippen LogP) is 17.4. The molecule has 1 aliphatic rings. The summed E-state index contributed by atoms with van der Waals surface area (Å²) in [5, 5.41) is 21.7. The number of aliphatic imine (C=N–C) groups is 1. The highest BCUT2D eigenvalue weighted by Crippen LogP contribution is 2.47. The van der Waals surface area contributed by atoms with Crippen LogP contribution in [0, 0.1) is 0 Å². The van der Waals surface area contributed by atoms with Crippen LogP contribution < -0.4 is 10.6 Å². The van der Waals surface area contributed by atoms with Gasteiger partial charge in [-0.05, 0) is 124 Å². The average Bonchev–Trinajstić information content (AvgIpc) is 4.02. The number of hydrogen-bond donors (Lipinski definition) is 2. The molecule has 0 spiro atoms. The van der Waals surface area contributed by atoms with Gasteiger partial charge in [0.15, 0.2) is 0 Å². The molecule has 5 nitrogen and oxygen atoms in total. The number of amidine groups is 1. The molecule has 0 radical (unpaired) electrons. The SMILES string of the molecule is c1ccc(-c2ccc(C3=NC(c4ccc5oc6ccccc6c5c4)NC(c4ccc(-c5ccc(-c6cc7ccccc7c7ccccc67)c6oc7cc8ccccc8cc7c56)c5ccccc45)N3)cc2)cc1. The molecule has 3 heterocycles. The Balaban J connectivity index is 0.903. The number of para-hydroxylation sites is 1. The van der Waals surface area contributed by atoms with Crippen molar-refractivity contribution < 1.29 is 8.83 Å². The molecule has 0 saturated carbocycles. The van der Waals surface area contributed by atoms with Gasteiger partial charge in [-0.2, -0.15) is 0 Å². The maximum Gasteiger partial charge on any atom is 0.143 e. The van der Waals surface area contributed by atoms with Crippen LogP contribution in [0.4, 0.5) is 0 Å². The van der Waals surface area contributed by atoms with E-state index in [4.69, 9.17) is 13.8 Å². The minimum Gasteiger partial charge on any atom is -0.456 e. The molecule has 0 saturated heterocycles.